The molecule has 0 radical (unpaired) electrons. The van der Waals surface area contributed by atoms with Crippen LogP contribution in [0.3, 0.4) is 0 Å². The molecule has 0 aromatic heterocycles. The second-order valence-corrected chi connectivity index (χ2v) is 4.94. The van der Waals surface area contributed by atoms with Crippen molar-refractivity contribution < 1.29 is 9.47 Å². The summed E-state index contributed by atoms with van der Waals surface area (Å²) in [5, 5.41) is 0. The molecule has 1 unspecified atom stereocenters. The third-order valence-corrected chi connectivity index (χ3v) is 3.12. The minimum absolute atomic E-state index is 0.183. The van der Waals surface area contributed by atoms with Crippen molar-refractivity contribution in [2.24, 2.45) is 0 Å². The van der Waals surface area contributed by atoms with Gasteiger partial charge in [-0.3, -0.25) is 0 Å². The molecule has 0 spiro atoms. The fourth-order valence-electron chi connectivity index (χ4n) is 1.69. The fraction of sp³-hybridized carbons (Fsp3) is 0.500. The van der Waals surface area contributed by atoms with Crippen molar-refractivity contribution >= 4 is 15.9 Å². The van der Waals surface area contributed by atoms with E-state index in [0.717, 1.165) is 29.9 Å². The zero-order valence-electron chi connectivity index (χ0n) is 9.36. The molecule has 0 amide bonds. The minimum Gasteiger partial charge on any atom is -0.491 e. The van der Waals surface area contributed by atoms with E-state index in [4.69, 9.17) is 9.47 Å². The van der Waals surface area contributed by atoms with E-state index in [0.29, 0.717) is 6.61 Å². The van der Waals surface area contributed by atoms with Gasteiger partial charge in [-0.15, -0.1) is 0 Å². The highest BCUT2D eigenvalue weighted by molar-refractivity contribution is 9.10. The van der Waals surface area contributed by atoms with Crippen molar-refractivity contribution in [3.8, 4) is 5.75 Å². The molecule has 0 aliphatic carbocycles. The molecule has 1 aromatic rings. The van der Waals surface area contributed by atoms with Gasteiger partial charge in [-0.05, 0) is 31.3 Å². The molecule has 2 rings (SSSR count). The highest BCUT2D eigenvalue weighted by Crippen LogP contribution is 2.16. The molecule has 0 bridgehead atoms. The summed E-state index contributed by atoms with van der Waals surface area (Å²) in [5.74, 6) is 0.889. The third-order valence-electron chi connectivity index (χ3n) is 2.59. The molecule has 4 heteroatoms. The molecule has 88 valence electrons. The number of morpholine rings is 1. The van der Waals surface area contributed by atoms with Gasteiger partial charge in [-0.1, -0.05) is 15.9 Å². The normalized spacial score (nSPS) is 22.0. The van der Waals surface area contributed by atoms with Crippen LogP contribution in [0.4, 0.5) is 0 Å². The largest absolute Gasteiger partial charge is 0.491 e. The molecule has 1 aromatic carbocycles. The Bertz CT molecular complexity index is 328. The molecule has 0 saturated carbocycles. The molecule has 1 atom stereocenters. The van der Waals surface area contributed by atoms with E-state index < -0.39 is 0 Å². The minimum atomic E-state index is 0.183. The summed E-state index contributed by atoms with van der Waals surface area (Å²) in [6, 6.07) is 7.86. The predicted octanol–water partition coefficient (Wildman–Crippen LogP) is 2.16. The van der Waals surface area contributed by atoms with Crippen molar-refractivity contribution in [2.75, 3.05) is 33.4 Å². The summed E-state index contributed by atoms with van der Waals surface area (Å²) >= 11 is 3.39. The number of benzene rings is 1. The van der Waals surface area contributed by atoms with Gasteiger partial charge < -0.3 is 14.4 Å². The summed E-state index contributed by atoms with van der Waals surface area (Å²) in [5.41, 5.74) is 0. The van der Waals surface area contributed by atoms with Gasteiger partial charge in [0.1, 0.15) is 18.5 Å². The lowest BCUT2D eigenvalue weighted by Crippen LogP contribution is -2.42. The fourth-order valence-corrected chi connectivity index (χ4v) is 1.95. The first-order chi connectivity index (χ1) is 7.74. The quantitative estimate of drug-likeness (QED) is 0.850. The molecule has 0 N–H and O–H groups in total. The Morgan fingerprint density at radius 2 is 2.19 bits per heavy atom. The van der Waals surface area contributed by atoms with Gasteiger partial charge in [0.2, 0.25) is 0 Å². The number of hydrogen-bond donors (Lipinski definition) is 0. The van der Waals surface area contributed by atoms with Crippen LogP contribution in [0.25, 0.3) is 0 Å². The number of likely N-dealkylation sites (N-methyl/N-ethyl adjacent to an activating group) is 1. The first kappa shape index (κ1) is 11.9. The number of hydrogen-bond acceptors (Lipinski definition) is 3. The number of nitrogens with zero attached hydrogens (tertiary/aromatic N) is 1. The molecule has 1 fully saturated rings. The lowest BCUT2D eigenvalue weighted by Gasteiger charge is -2.29. The van der Waals surface area contributed by atoms with Crippen LogP contribution in [0.2, 0.25) is 0 Å². The number of halogens is 1. The van der Waals surface area contributed by atoms with Crippen LogP contribution < -0.4 is 4.74 Å². The maximum Gasteiger partial charge on any atom is 0.119 e. The Hall–Kier alpha value is -0.580. The highest BCUT2D eigenvalue weighted by Gasteiger charge is 2.17. The topological polar surface area (TPSA) is 21.7 Å². The summed E-state index contributed by atoms with van der Waals surface area (Å²) < 4.78 is 12.4. The van der Waals surface area contributed by atoms with Gasteiger partial charge in [0.25, 0.3) is 0 Å². The smallest absolute Gasteiger partial charge is 0.119 e. The monoisotopic (exact) mass is 285 g/mol. The average molecular weight is 286 g/mol. The maximum atomic E-state index is 5.68. The molecule has 16 heavy (non-hydrogen) atoms. The third kappa shape index (κ3) is 3.47. The van der Waals surface area contributed by atoms with Crippen molar-refractivity contribution in [2.45, 2.75) is 6.10 Å². The van der Waals surface area contributed by atoms with Crippen LogP contribution in [-0.4, -0.2) is 44.4 Å². The van der Waals surface area contributed by atoms with Gasteiger partial charge in [0.15, 0.2) is 0 Å². The maximum absolute atomic E-state index is 5.68. The van der Waals surface area contributed by atoms with E-state index in [2.05, 4.69) is 27.9 Å². The predicted molar refractivity (Wildman–Crippen MR) is 66.9 cm³/mol. The standard InChI is InChI=1S/C12H16BrNO2/c1-14-6-7-15-12(8-14)9-16-11-4-2-10(13)3-5-11/h2-5,12H,6-9H2,1H3. The SMILES string of the molecule is CN1CCOC(COc2ccc(Br)cc2)C1. The Morgan fingerprint density at radius 3 is 2.88 bits per heavy atom. The molecular formula is C12H16BrNO2. The molecular weight excluding hydrogens is 270 g/mol. The summed E-state index contributed by atoms with van der Waals surface area (Å²) in [6.07, 6.45) is 0.183. The van der Waals surface area contributed by atoms with E-state index in [9.17, 15) is 0 Å². The lowest BCUT2D eigenvalue weighted by atomic mass is 10.3. The zero-order chi connectivity index (χ0) is 11.4. The zero-order valence-corrected chi connectivity index (χ0v) is 10.9. The van der Waals surface area contributed by atoms with E-state index in [1.807, 2.05) is 24.3 Å². The van der Waals surface area contributed by atoms with Crippen LogP contribution in [0.1, 0.15) is 0 Å². The van der Waals surface area contributed by atoms with Crippen molar-refractivity contribution in [1.82, 2.24) is 4.90 Å². The molecule has 3 nitrogen and oxygen atoms in total. The first-order valence-electron chi connectivity index (χ1n) is 5.42. The number of rotatable bonds is 3. The van der Waals surface area contributed by atoms with Gasteiger partial charge >= 0.3 is 0 Å². The first-order valence-corrected chi connectivity index (χ1v) is 6.22. The average Bonchev–Trinajstić information content (AvgIpc) is 2.28. The molecule has 1 aliphatic heterocycles. The van der Waals surface area contributed by atoms with Crippen LogP contribution in [0.15, 0.2) is 28.7 Å². The van der Waals surface area contributed by atoms with Crippen molar-refractivity contribution in [3.05, 3.63) is 28.7 Å². The van der Waals surface area contributed by atoms with Crippen LogP contribution in [0.5, 0.6) is 5.75 Å². The van der Waals surface area contributed by atoms with Crippen molar-refractivity contribution in [1.29, 1.82) is 0 Å². The molecule has 1 aliphatic rings. The van der Waals surface area contributed by atoms with Crippen LogP contribution in [-0.2, 0) is 4.74 Å². The van der Waals surface area contributed by atoms with E-state index in [-0.39, 0.29) is 6.10 Å². The second kappa shape index (κ2) is 5.66. The van der Waals surface area contributed by atoms with E-state index in [1.54, 1.807) is 0 Å². The summed E-state index contributed by atoms with van der Waals surface area (Å²) in [4.78, 5) is 2.26. The summed E-state index contributed by atoms with van der Waals surface area (Å²) in [6.45, 7) is 3.36. The number of ether oxygens (including phenoxy) is 2. The van der Waals surface area contributed by atoms with Gasteiger partial charge in [0, 0.05) is 17.6 Å². The van der Waals surface area contributed by atoms with E-state index >= 15 is 0 Å². The van der Waals surface area contributed by atoms with Gasteiger partial charge in [0.05, 0.1) is 6.61 Å². The van der Waals surface area contributed by atoms with Crippen LogP contribution in [0, 0.1) is 0 Å². The highest BCUT2D eigenvalue weighted by atomic mass is 79.9. The Labute approximate surface area is 104 Å². The van der Waals surface area contributed by atoms with Gasteiger partial charge in [-0.2, -0.15) is 0 Å². The second-order valence-electron chi connectivity index (χ2n) is 4.02. The van der Waals surface area contributed by atoms with Gasteiger partial charge in [-0.25, -0.2) is 0 Å². The molecule has 1 saturated heterocycles. The summed E-state index contributed by atoms with van der Waals surface area (Å²) in [7, 11) is 2.11. The molecule has 1 heterocycles. The lowest BCUT2D eigenvalue weighted by molar-refractivity contribution is -0.0403. The van der Waals surface area contributed by atoms with Crippen molar-refractivity contribution in [3.63, 3.8) is 0 Å². The Kier molecular flexibility index (Phi) is 4.21. The van der Waals surface area contributed by atoms with E-state index in [1.165, 1.54) is 0 Å². The Balaban J connectivity index is 1.80. The van der Waals surface area contributed by atoms with Crippen LogP contribution >= 0.6 is 15.9 Å². The Morgan fingerprint density at radius 1 is 1.44 bits per heavy atom.